The van der Waals surface area contributed by atoms with Gasteiger partial charge in [0.15, 0.2) is 0 Å². The number of nitrogens with one attached hydrogen (secondary N) is 1. The van der Waals surface area contributed by atoms with Gasteiger partial charge in [0.25, 0.3) is 0 Å². The number of hydrogen-bond acceptors (Lipinski definition) is 3. The van der Waals surface area contributed by atoms with Gasteiger partial charge in [-0.3, -0.25) is 5.41 Å². The van der Waals surface area contributed by atoms with Crippen molar-refractivity contribution in [2.24, 2.45) is 5.16 Å². The van der Waals surface area contributed by atoms with E-state index in [1.807, 2.05) is 4.90 Å². The Balaban J connectivity index is 0.00000169. The first-order valence-electron chi connectivity index (χ1n) is 4.25. The first-order valence-corrected chi connectivity index (χ1v) is 4.78. The van der Waals surface area contributed by atoms with Crippen LogP contribution in [0.2, 0.25) is 0 Å². The van der Waals surface area contributed by atoms with Crippen LogP contribution in [0.4, 0.5) is 0 Å². The Morgan fingerprint density at radius 2 is 2.14 bits per heavy atom. The predicted molar refractivity (Wildman–Crippen MR) is 60.9 cm³/mol. The van der Waals surface area contributed by atoms with Crippen LogP contribution in [0.5, 0.6) is 0 Å². The second-order valence-electron chi connectivity index (χ2n) is 2.91. The van der Waals surface area contributed by atoms with Crippen LogP contribution in [-0.4, -0.2) is 42.5 Å². The van der Waals surface area contributed by atoms with Gasteiger partial charge in [0.05, 0.1) is 11.6 Å². The first-order chi connectivity index (χ1) is 6.27. The van der Waals surface area contributed by atoms with Crippen LogP contribution in [0.25, 0.3) is 0 Å². The average molecular weight is 240 g/mol. The van der Waals surface area contributed by atoms with Crippen molar-refractivity contribution in [2.45, 2.75) is 12.8 Å². The second kappa shape index (κ2) is 6.90. The summed E-state index contributed by atoms with van der Waals surface area (Å²) in [6.07, 6.45) is 1.74. The van der Waals surface area contributed by atoms with Crippen LogP contribution in [0.15, 0.2) is 5.16 Å². The van der Waals surface area contributed by atoms with E-state index in [2.05, 4.69) is 5.16 Å². The number of rotatable bonds is 2. The van der Waals surface area contributed by atoms with E-state index in [0.717, 1.165) is 31.6 Å². The maximum Gasteiger partial charge on any atom is 0.111 e. The van der Waals surface area contributed by atoms with Crippen LogP contribution >= 0.6 is 24.0 Å². The fraction of sp³-hybridized carbons (Fsp3) is 0.750. The third-order valence-corrected chi connectivity index (χ3v) is 2.32. The summed E-state index contributed by atoms with van der Waals surface area (Å²) in [5.41, 5.74) is 1.07. The minimum absolute atomic E-state index is 0. The largest absolute Gasteiger partial charge is 0.399 e. The summed E-state index contributed by atoms with van der Waals surface area (Å²) in [4.78, 5) is 6.67. The molecule has 4 nitrogen and oxygen atoms in total. The van der Waals surface area contributed by atoms with E-state index in [1.54, 1.807) is 7.11 Å². The maximum absolute atomic E-state index is 7.52. The van der Waals surface area contributed by atoms with Crippen molar-refractivity contribution in [3.05, 3.63) is 0 Å². The van der Waals surface area contributed by atoms with Crippen LogP contribution in [-0.2, 0) is 4.84 Å². The molecule has 0 bridgehead atoms. The van der Waals surface area contributed by atoms with Crippen molar-refractivity contribution in [3.63, 3.8) is 0 Å². The number of amidine groups is 1. The van der Waals surface area contributed by atoms with Crippen molar-refractivity contribution in [3.8, 4) is 0 Å². The molecule has 1 heterocycles. The maximum atomic E-state index is 7.52. The van der Waals surface area contributed by atoms with Gasteiger partial charge in [0, 0.05) is 25.9 Å². The zero-order valence-electron chi connectivity index (χ0n) is 8.12. The summed E-state index contributed by atoms with van der Waals surface area (Å²) in [7, 11) is 1.56. The van der Waals surface area contributed by atoms with Crippen LogP contribution in [0.3, 0.4) is 0 Å². The smallest absolute Gasteiger partial charge is 0.111 e. The molecule has 6 heteroatoms. The Morgan fingerprint density at radius 3 is 2.57 bits per heavy atom. The molecule has 14 heavy (non-hydrogen) atoms. The molecule has 1 saturated heterocycles. The third kappa shape index (κ3) is 3.72. The zero-order chi connectivity index (χ0) is 9.68. The Labute approximate surface area is 95.2 Å². The topological polar surface area (TPSA) is 48.7 Å². The molecule has 0 saturated carbocycles. The normalized spacial score (nSPS) is 15.9. The van der Waals surface area contributed by atoms with Gasteiger partial charge < -0.3 is 9.74 Å². The van der Waals surface area contributed by atoms with E-state index in [4.69, 9.17) is 21.8 Å². The van der Waals surface area contributed by atoms with E-state index in [9.17, 15) is 0 Å². The fourth-order valence-electron chi connectivity index (χ4n) is 1.34. The number of alkyl halides is 1. The number of likely N-dealkylation sites (tertiary alicyclic amines) is 1. The van der Waals surface area contributed by atoms with Crippen molar-refractivity contribution in [1.82, 2.24) is 4.90 Å². The molecule has 82 valence electrons. The molecule has 1 fully saturated rings. The van der Waals surface area contributed by atoms with Crippen LogP contribution in [0, 0.1) is 5.41 Å². The molecule has 0 aromatic heterocycles. The highest BCUT2D eigenvalue weighted by Crippen LogP contribution is 2.08. The van der Waals surface area contributed by atoms with E-state index < -0.39 is 0 Å². The molecule has 0 radical (unpaired) electrons. The molecule has 0 aromatic rings. The van der Waals surface area contributed by atoms with Crippen molar-refractivity contribution >= 4 is 35.6 Å². The van der Waals surface area contributed by atoms with E-state index >= 15 is 0 Å². The van der Waals surface area contributed by atoms with Crippen LogP contribution < -0.4 is 0 Å². The quantitative estimate of drug-likeness (QED) is 0.346. The van der Waals surface area contributed by atoms with Crippen LogP contribution in [0.1, 0.15) is 12.8 Å². The highest BCUT2D eigenvalue weighted by Gasteiger charge is 2.16. The number of hydrogen-bond donors (Lipinski definition) is 1. The van der Waals surface area contributed by atoms with Gasteiger partial charge in [-0.1, -0.05) is 5.16 Å². The lowest BCUT2D eigenvalue weighted by Gasteiger charge is -2.28. The number of nitrogens with zero attached hydrogens (tertiary/aromatic N) is 2. The molecular weight excluding hydrogens is 225 g/mol. The molecular formula is C8H15Cl2N3O. The molecule has 0 spiro atoms. The molecule has 0 aliphatic carbocycles. The number of piperidine rings is 1. The third-order valence-electron chi connectivity index (χ3n) is 2.07. The lowest BCUT2D eigenvalue weighted by atomic mass is 10.1. The summed E-state index contributed by atoms with van der Waals surface area (Å²) in [5.74, 6) is 0.787. The summed E-state index contributed by atoms with van der Waals surface area (Å²) < 4.78 is 0. The van der Waals surface area contributed by atoms with E-state index in [1.165, 1.54) is 0 Å². The molecule has 0 amide bonds. The lowest BCUT2D eigenvalue weighted by Crippen LogP contribution is -2.39. The lowest BCUT2D eigenvalue weighted by molar-refractivity contribution is 0.209. The molecule has 0 aromatic carbocycles. The molecule has 0 unspecified atom stereocenters. The molecule has 0 atom stereocenters. The van der Waals surface area contributed by atoms with Gasteiger partial charge in [0.1, 0.15) is 12.9 Å². The fourth-order valence-corrected chi connectivity index (χ4v) is 1.51. The van der Waals surface area contributed by atoms with Gasteiger partial charge in [-0.25, -0.2) is 0 Å². The van der Waals surface area contributed by atoms with Crippen molar-refractivity contribution in [1.29, 1.82) is 5.41 Å². The van der Waals surface area contributed by atoms with E-state index in [0.29, 0.717) is 5.84 Å². The Bertz CT molecular complexity index is 211. The highest BCUT2D eigenvalue weighted by atomic mass is 35.5. The minimum Gasteiger partial charge on any atom is -0.399 e. The average Bonchev–Trinajstić information content (AvgIpc) is 2.18. The second-order valence-corrected chi connectivity index (χ2v) is 3.17. The van der Waals surface area contributed by atoms with Gasteiger partial charge in [-0.05, 0) is 0 Å². The molecule has 1 aliphatic rings. The van der Waals surface area contributed by atoms with Gasteiger partial charge >= 0.3 is 0 Å². The summed E-state index contributed by atoms with van der Waals surface area (Å²) >= 11 is 5.56. The van der Waals surface area contributed by atoms with Crippen molar-refractivity contribution < 1.29 is 4.84 Å². The van der Waals surface area contributed by atoms with Gasteiger partial charge in [0.2, 0.25) is 0 Å². The SMILES string of the molecule is CON=C1CCN(C(=N)CCl)CC1.Cl. The zero-order valence-corrected chi connectivity index (χ0v) is 9.70. The standard InChI is InChI=1S/C8H14ClN3O.ClH/c1-13-11-7-2-4-12(5-3-7)8(10)6-9;/h10H,2-6H2,1H3;1H. The minimum atomic E-state index is 0. The summed E-state index contributed by atoms with van der Waals surface area (Å²) in [6, 6.07) is 0. The van der Waals surface area contributed by atoms with Gasteiger partial charge in [-0.15, -0.1) is 24.0 Å². The molecule has 1 N–H and O–H groups in total. The number of oxime groups is 1. The Kier molecular flexibility index (Phi) is 6.66. The first kappa shape index (κ1) is 13.5. The summed E-state index contributed by atoms with van der Waals surface area (Å²) in [5, 5.41) is 11.4. The monoisotopic (exact) mass is 239 g/mol. The molecule has 1 aliphatic heterocycles. The van der Waals surface area contributed by atoms with Crippen molar-refractivity contribution in [2.75, 3.05) is 26.1 Å². The predicted octanol–water partition coefficient (Wildman–Crippen LogP) is 1.72. The molecule has 1 rings (SSSR count). The Morgan fingerprint density at radius 1 is 1.57 bits per heavy atom. The Hall–Kier alpha value is -0.480. The summed E-state index contributed by atoms with van der Waals surface area (Å²) in [6.45, 7) is 1.65. The number of halogens is 2. The van der Waals surface area contributed by atoms with E-state index in [-0.39, 0.29) is 18.3 Å². The van der Waals surface area contributed by atoms with Gasteiger partial charge in [-0.2, -0.15) is 0 Å². The highest BCUT2D eigenvalue weighted by molar-refractivity contribution is 6.27.